The summed E-state index contributed by atoms with van der Waals surface area (Å²) in [6, 6.07) is 6.15. The first kappa shape index (κ1) is 14.1. The van der Waals surface area contributed by atoms with Gasteiger partial charge in [-0.3, -0.25) is 4.79 Å². The number of nitrogens with one attached hydrogen (secondary N) is 2. The highest BCUT2D eigenvalue weighted by atomic mass is 32.1. The Morgan fingerprint density at radius 1 is 1.52 bits per heavy atom. The van der Waals surface area contributed by atoms with Crippen molar-refractivity contribution in [1.82, 2.24) is 14.9 Å². The van der Waals surface area contributed by atoms with Crippen LogP contribution in [0.3, 0.4) is 0 Å². The van der Waals surface area contributed by atoms with Gasteiger partial charge in [-0.1, -0.05) is 13.0 Å². The summed E-state index contributed by atoms with van der Waals surface area (Å²) in [6.45, 7) is 2.97. The van der Waals surface area contributed by atoms with Gasteiger partial charge < -0.3 is 19.6 Å². The molecule has 112 valence electrons. The van der Waals surface area contributed by atoms with Crippen molar-refractivity contribution >= 4 is 29.2 Å². The van der Waals surface area contributed by atoms with Gasteiger partial charge in [-0.25, -0.2) is 0 Å². The maximum atomic E-state index is 12.0. The van der Waals surface area contributed by atoms with E-state index >= 15 is 0 Å². The lowest BCUT2D eigenvalue weighted by Crippen LogP contribution is -2.29. The molecule has 0 aliphatic heterocycles. The van der Waals surface area contributed by atoms with Crippen molar-refractivity contribution in [3.63, 3.8) is 0 Å². The minimum Gasteiger partial charge on any atom is -0.491 e. The van der Waals surface area contributed by atoms with Gasteiger partial charge >= 0.3 is 0 Å². The predicted octanol–water partition coefficient (Wildman–Crippen LogP) is 2.77. The van der Waals surface area contributed by atoms with Crippen LogP contribution in [0.15, 0.2) is 18.2 Å². The molecule has 1 fully saturated rings. The number of benzene rings is 1. The number of carbonyl (C=O) groups excluding carboxylic acids is 1. The van der Waals surface area contributed by atoms with Gasteiger partial charge in [0.15, 0.2) is 4.77 Å². The van der Waals surface area contributed by atoms with Gasteiger partial charge in [0, 0.05) is 6.04 Å². The SMILES string of the molecule is CCCOc1cccc2c1[nH]c(=S)n2CC(=O)NC1CC1. The molecule has 1 aliphatic carbocycles. The summed E-state index contributed by atoms with van der Waals surface area (Å²) in [5.41, 5.74) is 1.76. The van der Waals surface area contributed by atoms with Crippen LogP contribution in [-0.2, 0) is 11.3 Å². The number of hydrogen-bond acceptors (Lipinski definition) is 3. The number of hydrogen-bond donors (Lipinski definition) is 2. The molecule has 3 rings (SSSR count). The van der Waals surface area contributed by atoms with Crippen LogP contribution >= 0.6 is 12.2 Å². The first-order chi connectivity index (χ1) is 10.2. The third kappa shape index (κ3) is 3.10. The topological polar surface area (TPSA) is 59.0 Å². The zero-order valence-corrected chi connectivity index (χ0v) is 12.8. The molecule has 1 aliphatic rings. The molecule has 0 bridgehead atoms. The monoisotopic (exact) mass is 305 g/mol. The second kappa shape index (κ2) is 5.89. The summed E-state index contributed by atoms with van der Waals surface area (Å²) in [7, 11) is 0. The van der Waals surface area contributed by atoms with Crippen LogP contribution in [0.2, 0.25) is 0 Å². The smallest absolute Gasteiger partial charge is 0.240 e. The minimum absolute atomic E-state index is 0.00868. The highest BCUT2D eigenvalue weighted by molar-refractivity contribution is 7.71. The van der Waals surface area contributed by atoms with E-state index in [1.165, 1.54) is 0 Å². The van der Waals surface area contributed by atoms with Crippen LogP contribution < -0.4 is 10.1 Å². The number of aromatic amines is 1. The Bertz CT molecular complexity index is 715. The van der Waals surface area contributed by atoms with E-state index in [0.29, 0.717) is 17.4 Å². The van der Waals surface area contributed by atoms with Gasteiger partial charge in [-0.15, -0.1) is 0 Å². The Morgan fingerprint density at radius 3 is 3.05 bits per heavy atom. The summed E-state index contributed by atoms with van der Waals surface area (Å²) in [4.78, 5) is 15.1. The van der Waals surface area contributed by atoms with Crippen molar-refractivity contribution in [3.8, 4) is 5.75 Å². The van der Waals surface area contributed by atoms with E-state index in [9.17, 15) is 4.79 Å². The fourth-order valence-corrected chi connectivity index (χ4v) is 2.55. The number of H-pyrrole nitrogens is 1. The van der Waals surface area contributed by atoms with Gasteiger partial charge in [0.1, 0.15) is 17.8 Å². The molecule has 21 heavy (non-hydrogen) atoms. The van der Waals surface area contributed by atoms with Crippen molar-refractivity contribution in [1.29, 1.82) is 0 Å². The Morgan fingerprint density at radius 2 is 2.33 bits per heavy atom. The van der Waals surface area contributed by atoms with Gasteiger partial charge in [-0.05, 0) is 43.6 Å². The quantitative estimate of drug-likeness (QED) is 0.807. The second-order valence-electron chi connectivity index (χ2n) is 5.36. The van der Waals surface area contributed by atoms with Crippen molar-refractivity contribution < 1.29 is 9.53 Å². The van der Waals surface area contributed by atoms with Gasteiger partial charge in [-0.2, -0.15) is 0 Å². The molecule has 1 aromatic heterocycles. The molecule has 0 unspecified atom stereocenters. The Labute approximate surface area is 128 Å². The molecule has 1 amide bonds. The third-order valence-electron chi connectivity index (χ3n) is 3.48. The van der Waals surface area contributed by atoms with E-state index in [-0.39, 0.29) is 12.5 Å². The highest BCUT2D eigenvalue weighted by Crippen LogP contribution is 2.25. The summed E-state index contributed by atoms with van der Waals surface area (Å²) in [5.74, 6) is 0.788. The molecule has 0 saturated heterocycles. The molecule has 5 nitrogen and oxygen atoms in total. The number of nitrogens with zero attached hydrogens (tertiary/aromatic N) is 1. The molecule has 1 aromatic carbocycles. The average molecular weight is 305 g/mol. The molecule has 2 N–H and O–H groups in total. The maximum absolute atomic E-state index is 12.0. The zero-order valence-electron chi connectivity index (χ0n) is 12.0. The van der Waals surface area contributed by atoms with Crippen molar-refractivity contribution in [2.24, 2.45) is 0 Å². The fraction of sp³-hybridized carbons (Fsp3) is 0.467. The van der Waals surface area contributed by atoms with Crippen LogP contribution in [0.1, 0.15) is 26.2 Å². The lowest BCUT2D eigenvalue weighted by atomic mass is 10.3. The Kier molecular flexibility index (Phi) is 3.96. The zero-order chi connectivity index (χ0) is 14.8. The summed E-state index contributed by atoms with van der Waals surface area (Å²) < 4.78 is 8.09. The van der Waals surface area contributed by atoms with E-state index in [1.54, 1.807) is 0 Å². The molecular formula is C15H19N3O2S. The number of aromatic nitrogens is 2. The van der Waals surface area contributed by atoms with Crippen LogP contribution in [0.25, 0.3) is 11.0 Å². The number of amides is 1. The number of fused-ring (bicyclic) bond motifs is 1. The van der Waals surface area contributed by atoms with Crippen molar-refractivity contribution in [2.45, 2.75) is 38.8 Å². The molecule has 0 spiro atoms. The summed E-state index contributed by atoms with van der Waals surface area (Å²) in [5, 5.41) is 2.98. The molecule has 1 saturated carbocycles. The summed E-state index contributed by atoms with van der Waals surface area (Å²) in [6.07, 6.45) is 3.11. The largest absolute Gasteiger partial charge is 0.491 e. The Balaban J connectivity index is 1.89. The first-order valence-corrected chi connectivity index (χ1v) is 7.73. The lowest BCUT2D eigenvalue weighted by Gasteiger charge is -2.07. The van der Waals surface area contributed by atoms with E-state index in [0.717, 1.165) is 36.0 Å². The highest BCUT2D eigenvalue weighted by Gasteiger charge is 2.23. The number of carbonyl (C=O) groups is 1. The molecule has 6 heteroatoms. The van der Waals surface area contributed by atoms with Gasteiger partial charge in [0.05, 0.1) is 12.1 Å². The lowest BCUT2D eigenvalue weighted by molar-refractivity contribution is -0.121. The second-order valence-corrected chi connectivity index (χ2v) is 5.74. The minimum atomic E-state index is 0.00868. The van der Waals surface area contributed by atoms with E-state index < -0.39 is 0 Å². The molecular weight excluding hydrogens is 286 g/mol. The van der Waals surface area contributed by atoms with Crippen LogP contribution in [0, 0.1) is 4.77 Å². The summed E-state index contributed by atoms with van der Waals surface area (Å²) >= 11 is 5.34. The number of imidazole rings is 1. The standard InChI is InChI=1S/C15H19N3O2S/c1-2-8-20-12-5-3-4-11-14(12)17-15(21)18(11)9-13(19)16-10-6-7-10/h3-5,10H,2,6-9H2,1H3,(H,16,19)(H,17,21). The molecule has 0 radical (unpaired) electrons. The van der Waals surface area contributed by atoms with Gasteiger partial charge in [0.25, 0.3) is 0 Å². The van der Waals surface area contributed by atoms with E-state index in [2.05, 4.69) is 17.2 Å². The normalized spacial score (nSPS) is 14.3. The molecule has 2 aromatic rings. The average Bonchev–Trinajstić information content (AvgIpc) is 3.21. The predicted molar refractivity (Wildman–Crippen MR) is 84.1 cm³/mol. The maximum Gasteiger partial charge on any atom is 0.240 e. The number of ether oxygens (including phenoxy) is 1. The number of rotatable bonds is 6. The van der Waals surface area contributed by atoms with E-state index in [4.69, 9.17) is 17.0 Å². The Hall–Kier alpha value is -1.82. The number of para-hydroxylation sites is 1. The van der Waals surface area contributed by atoms with Crippen LogP contribution in [0.4, 0.5) is 0 Å². The van der Waals surface area contributed by atoms with Crippen LogP contribution in [-0.4, -0.2) is 28.1 Å². The van der Waals surface area contributed by atoms with Crippen molar-refractivity contribution in [2.75, 3.05) is 6.61 Å². The third-order valence-corrected chi connectivity index (χ3v) is 3.80. The fourth-order valence-electron chi connectivity index (χ4n) is 2.29. The van der Waals surface area contributed by atoms with Crippen LogP contribution in [0.5, 0.6) is 5.75 Å². The first-order valence-electron chi connectivity index (χ1n) is 7.32. The van der Waals surface area contributed by atoms with Crippen molar-refractivity contribution in [3.05, 3.63) is 23.0 Å². The molecule has 1 heterocycles. The van der Waals surface area contributed by atoms with Gasteiger partial charge in [0.2, 0.25) is 5.91 Å². The van der Waals surface area contributed by atoms with E-state index in [1.807, 2.05) is 22.8 Å². The molecule has 0 atom stereocenters.